The Kier molecular flexibility index (Phi) is 5.39. The second-order valence-electron chi connectivity index (χ2n) is 5.95. The molecule has 1 atom stereocenters. The van der Waals surface area contributed by atoms with Crippen molar-refractivity contribution in [2.75, 3.05) is 0 Å². The van der Waals surface area contributed by atoms with E-state index in [1.165, 1.54) is 43.8 Å². The van der Waals surface area contributed by atoms with Crippen molar-refractivity contribution in [3.8, 4) is 11.1 Å². The highest BCUT2D eigenvalue weighted by molar-refractivity contribution is 6.92. The first-order valence-electron chi connectivity index (χ1n) is 7.73. The summed E-state index contributed by atoms with van der Waals surface area (Å²) < 4.78 is 0. The normalized spacial score (nSPS) is 10.2. The predicted molar refractivity (Wildman–Crippen MR) is 112 cm³/mol. The molecule has 0 saturated carbocycles. The van der Waals surface area contributed by atoms with Crippen LogP contribution in [0.2, 0.25) is 0 Å². The van der Waals surface area contributed by atoms with Crippen LogP contribution in [0.15, 0.2) is 72.8 Å². The third-order valence-corrected chi connectivity index (χ3v) is 4.57. The second-order valence-corrected chi connectivity index (χ2v) is 5.95. The molecule has 0 aliphatic carbocycles. The number of aryl methyl sites for hydroxylation is 2. The van der Waals surface area contributed by atoms with Gasteiger partial charge in [-0.25, -0.2) is 0 Å². The molecular formula is C22H24NP. The van der Waals surface area contributed by atoms with Crippen molar-refractivity contribution in [2.45, 2.75) is 13.8 Å². The highest BCUT2D eigenvalue weighted by Gasteiger charge is 2.08. The van der Waals surface area contributed by atoms with E-state index in [1.807, 2.05) is 0 Å². The van der Waals surface area contributed by atoms with Gasteiger partial charge in [-0.15, -0.1) is 0 Å². The lowest BCUT2D eigenvalue weighted by atomic mass is 9.92. The highest BCUT2D eigenvalue weighted by atomic mass is 31.0. The molecule has 0 aliphatic rings. The van der Waals surface area contributed by atoms with Crippen molar-refractivity contribution in [1.82, 2.24) is 6.15 Å². The minimum Gasteiger partial charge on any atom is -0.344 e. The van der Waals surface area contributed by atoms with E-state index < -0.39 is 0 Å². The molecule has 0 bridgehead atoms. The van der Waals surface area contributed by atoms with Crippen LogP contribution < -0.4 is 6.15 Å². The summed E-state index contributed by atoms with van der Waals surface area (Å²) in [6.07, 6.45) is 0. The van der Waals surface area contributed by atoms with Gasteiger partial charge in [0.05, 0.1) is 0 Å². The number of fused-ring (bicyclic) bond motifs is 2. The van der Waals surface area contributed by atoms with Crippen LogP contribution in [-0.2, 0) is 0 Å². The largest absolute Gasteiger partial charge is 0.344 e. The van der Waals surface area contributed by atoms with E-state index in [1.54, 1.807) is 0 Å². The zero-order valence-electron chi connectivity index (χ0n) is 14.3. The third kappa shape index (κ3) is 2.82. The minimum atomic E-state index is 0. The van der Waals surface area contributed by atoms with Crippen LogP contribution in [0.1, 0.15) is 11.1 Å². The highest BCUT2D eigenvalue weighted by Crippen LogP contribution is 2.35. The Bertz CT molecular complexity index is 922. The molecule has 0 fully saturated rings. The van der Waals surface area contributed by atoms with Crippen LogP contribution in [0.5, 0.6) is 0 Å². The fraction of sp³-hybridized carbons (Fsp3) is 0.0909. The van der Waals surface area contributed by atoms with Crippen molar-refractivity contribution in [2.24, 2.45) is 0 Å². The van der Waals surface area contributed by atoms with E-state index in [9.17, 15) is 0 Å². The first kappa shape index (κ1) is 18.1. The molecule has 24 heavy (non-hydrogen) atoms. The molecule has 1 unspecified atom stereocenters. The smallest absolute Gasteiger partial charge is 0.00991 e. The molecule has 0 amide bonds. The summed E-state index contributed by atoms with van der Waals surface area (Å²) >= 11 is 0. The molecule has 4 aromatic carbocycles. The fourth-order valence-corrected chi connectivity index (χ4v) is 3.40. The average molecular weight is 333 g/mol. The Balaban J connectivity index is 0.00000104. The Hall–Kier alpha value is -2.21. The van der Waals surface area contributed by atoms with Gasteiger partial charge in [0.1, 0.15) is 0 Å². The monoisotopic (exact) mass is 333 g/mol. The quantitative estimate of drug-likeness (QED) is 0.397. The summed E-state index contributed by atoms with van der Waals surface area (Å²) in [4.78, 5) is 0. The van der Waals surface area contributed by atoms with Gasteiger partial charge in [-0.05, 0) is 57.6 Å². The summed E-state index contributed by atoms with van der Waals surface area (Å²) in [5.41, 5.74) is 5.29. The van der Waals surface area contributed by atoms with Gasteiger partial charge in [0.25, 0.3) is 0 Å². The summed E-state index contributed by atoms with van der Waals surface area (Å²) in [5.74, 6) is 0. The van der Waals surface area contributed by atoms with Gasteiger partial charge in [0.15, 0.2) is 0 Å². The molecule has 4 aromatic rings. The van der Waals surface area contributed by atoms with Gasteiger partial charge in [0.2, 0.25) is 0 Å². The Morgan fingerprint density at radius 2 is 0.792 bits per heavy atom. The van der Waals surface area contributed by atoms with Crippen LogP contribution in [0.25, 0.3) is 32.7 Å². The van der Waals surface area contributed by atoms with E-state index in [0.717, 1.165) is 0 Å². The van der Waals surface area contributed by atoms with Crippen molar-refractivity contribution >= 4 is 31.4 Å². The fourth-order valence-electron chi connectivity index (χ4n) is 3.40. The summed E-state index contributed by atoms with van der Waals surface area (Å²) in [5, 5.41) is 5.34. The number of benzene rings is 4. The summed E-state index contributed by atoms with van der Waals surface area (Å²) in [7, 11) is 0. The first-order chi connectivity index (χ1) is 10.8. The molecule has 122 valence electrons. The van der Waals surface area contributed by atoms with Crippen LogP contribution in [0, 0.1) is 13.8 Å². The van der Waals surface area contributed by atoms with Crippen molar-refractivity contribution in [3.63, 3.8) is 0 Å². The molecule has 2 heteroatoms. The van der Waals surface area contributed by atoms with E-state index in [2.05, 4.69) is 86.6 Å². The predicted octanol–water partition coefficient (Wildman–Crippen LogP) is 6.50. The molecule has 0 aliphatic heterocycles. The molecule has 1 nitrogen and oxygen atoms in total. The van der Waals surface area contributed by atoms with Gasteiger partial charge < -0.3 is 6.15 Å². The van der Waals surface area contributed by atoms with E-state index in [-0.39, 0.29) is 16.0 Å². The van der Waals surface area contributed by atoms with Gasteiger partial charge in [0, 0.05) is 0 Å². The molecule has 0 heterocycles. The third-order valence-electron chi connectivity index (χ3n) is 4.57. The maximum Gasteiger partial charge on any atom is -0.00991 e. The van der Waals surface area contributed by atoms with Crippen molar-refractivity contribution < 1.29 is 0 Å². The summed E-state index contributed by atoms with van der Waals surface area (Å²) in [6, 6.07) is 26.3. The van der Waals surface area contributed by atoms with Gasteiger partial charge in [-0.1, -0.05) is 72.8 Å². The molecule has 3 N–H and O–H groups in total. The Morgan fingerprint density at radius 1 is 0.458 bits per heavy atom. The molecule has 0 aromatic heterocycles. The first-order valence-corrected chi connectivity index (χ1v) is 7.73. The Labute approximate surface area is 146 Å². The maximum absolute atomic E-state index is 2.24. The molecule has 0 spiro atoms. The zero-order chi connectivity index (χ0) is 15.1. The lowest BCUT2D eigenvalue weighted by molar-refractivity contribution is 1.52. The van der Waals surface area contributed by atoms with Crippen molar-refractivity contribution in [1.29, 1.82) is 0 Å². The molecular weight excluding hydrogens is 309 g/mol. The van der Waals surface area contributed by atoms with Gasteiger partial charge >= 0.3 is 0 Å². The number of hydrogen-bond acceptors (Lipinski definition) is 1. The topological polar surface area (TPSA) is 35.0 Å². The average Bonchev–Trinajstić information content (AvgIpc) is 2.55. The van der Waals surface area contributed by atoms with E-state index >= 15 is 0 Å². The lowest BCUT2D eigenvalue weighted by Crippen LogP contribution is -1.86. The number of rotatable bonds is 1. The van der Waals surface area contributed by atoms with Gasteiger partial charge in [-0.2, -0.15) is 9.90 Å². The lowest BCUT2D eigenvalue weighted by Gasteiger charge is -2.12. The van der Waals surface area contributed by atoms with Crippen LogP contribution >= 0.6 is 9.90 Å². The molecule has 4 rings (SSSR count). The standard InChI is InChI=1S/C22H18.H3N.H3P/c1-15-7-3-11-19-17(15)9-5-13-21(19)22-14-6-10-18-16(2)8-4-12-20(18)22;;/h3-14H,1-2H3;2*1H3. The van der Waals surface area contributed by atoms with Crippen LogP contribution in [0.4, 0.5) is 0 Å². The van der Waals surface area contributed by atoms with E-state index in [0.29, 0.717) is 0 Å². The SMILES string of the molecule is Cc1cccc2c(-c3cccc4c(C)cccc34)cccc12.N.P. The number of hydrogen-bond donors (Lipinski definition) is 1. The molecule has 0 saturated heterocycles. The van der Waals surface area contributed by atoms with Gasteiger partial charge in [-0.3, -0.25) is 0 Å². The van der Waals surface area contributed by atoms with Crippen LogP contribution in [0.3, 0.4) is 0 Å². The van der Waals surface area contributed by atoms with E-state index in [4.69, 9.17) is 0 Å². The maximum atomic E-state index is 2.24. The van der Waals surface area contributed by atoms with Crippen molar-refractivity contribution in [3.05, 3.63) is 83.9 Å². The minimum absolute atomic E-state index is 0. The second kappa shape index (κ2) is 7.13. The zero-order valence-corrected chi connectivity index (χ0v) is 15.8. The Morgan fingerprint density at radius 3 is 1.21 bits per heavy atom. The van der Waals surface area contributed by atoms with Crippen LogP contribution in [-0.4, -0.2) is 0 Å². The molecule has 0 radical (unpaired) electrons. The summed E-state index contributed by atoms with van der Waals surface area (Å²) in [6.45, 7) is 4.36.